The number of hydrogen-bond acceptors (Lipinski definition) is 4. The predicted octanol–water partition coefficient (Wildman–Crippen LogP) is 2.06. The topological polar surface area (TPSA) is 41.1 Å². The highest BCUT2D eigenvalue weighted by Gasteiger charge is 2.18. The van der Waals surface area contributed by atoms with Crippen LogP contribution in [0.4, 0.5) is 11.8 Å². The highest BCUT2D eigenvalue weighted by Crippen LogP contribution is 2.22. The third kappa shape index (κ3) is 2.43. The fourth-order valence-electron chi connectivity index (χ4n) is 2.22. The molecule has 0 bridgehead atoms. The van der Waals surface area contributed by atoms with Crippen LogP contribution in [0.2, 0.25) is 0 Å². The first kappa shape index (κ1) is 11.2. The lowest BCUT2D eigenvalue weighted by Gasteiger charge is -2.32. The fourth-order valence-corrected chi connectivity index (χ4v) is 2.22. The van der Waals surface area contributed by atoms with Gasteiger partial charge in [-0.15, -0.1) is 0 Å². The number of aryl methyl sites for hydroxylation is 1. The summed E-state index contributed by atoms with van der Waals surface area (Å²) in [6.07, 6.45) is 2.60. The average molecular weight is 220 g/mol. The van der Waals surface area contributed by atoms with Gasteiger partial charge in [0, 0.05) is 31.9 Å². The van der Waals surface area contributed by atoms with Gasteiger partial charge >= 0.3 is 0 Å². The van der Waals surface area contributed by atoms with Crippen LogP contribution in [-0.4, -0.2) is 30.1 Å². The smallest absolute Gasteiger partial charge is 0.224 e. The molecule has 0 spiro atoms. The van der Waals surface area contributed by atoms with Gasteiger partial charge in [-0.25, -0.2) is 4.98 Å². The molecule has 1 fully saturated rings. The maximum atomic E-state index is 4.51. The molecular formula is C12H20N4. The number of anilines is 2. The first-order valence-electron chi connectivity index (χ1n) is 5.97. The highest BCUT2D eigenvalue weighted by atomic mass is 15.2. The Hall–Kier alpha value is -1.32. The Labute approximate surface area is 97.1 Å². The second-order valence-electron chi connectivity index (χ2n) is 4.63. The van der Waals surface area contributed by atoms with Crippen molar-refractivity contribution in [3.05, 3.63) is 11.8 Å². The predicted molar refractivity (Wildman–Crippen MR) is 66.9 cm³/mol. The van der Waals surface area contributed by atoms with Crippen molar-refractivity contribution in [3.8, 4) is 0 Å². The molecule has 1 unspecified atom stereocenters. The Balaban J connectivity index is 2.21. The molecule has 88 valence electrons. The van der Waals surface area contributed by atoms with E-state index in [0.29, 0.717) is 5.95 Å². The van der Waals surface area contributed by atoms with Gasteiger partial charge < -0.3 is 10.2 Å². The maximum absolute atomic E-state index is 4.51. The molecule has 1 saturated heterocycles. The van der Waals surface area contributed by atoms with Crippen molar-refractivity contribution >= 4 is 11.8 Å². The molecule has 0 aliphatic carbocycles. The van der Waals surface area contributed by atoms with Crippen molar-refractivity contribution in [2.24, 2.45) is 5.92 Å². The first-order chi connectivity index (χ1) is 7.69. The molecule has 4 heteroatoms. The summed E-state index contributed by atoms with van der Waals surface area (Å²) < 4.78 is 0. The number of nitrogens with zero attached hydrogens (tertiary/aromatic N) is 3. The van der Waals surface area contributed by atoms with Gasteiger partial charge in [-0.1, -0.05) is 6.92 Å². The van der Waals surface area contributed by atoms with Gasteiger partial charge in [0.25, 0.3) is 0 Å². The molecule has 1 N–H and O–H groups in total. The minimum absolute atomic E-state index is 0.716. The van der Waals surface area contributed by atoms with Crippen molar-refractivity contribution in [1.29, 1.82) is 0 Å². The molecular weight excluding hydrogens is 200 g/mol. The second-order valence-corrected chi connectivity index (χ2v) is 4.63. The lowest BCUT2D eigenvalue weighted by atomic mass is 10.0. The van der Waals surface area contributed by atoms with Gasteiger partial charge in [-0.2, -0.15) is 4.98 Å². The molecule has 16 heavy (non-hydrogen) atoms. The summed E-state index contributed by atoms with van der Waals surface area (Å²) in [6.45, 7) is 6.54. The molecule has 2 heterocycles. The zero-order valence-corrected chi connectivity index (χ0v) is 10.3. The van der Waals surface area contributed by atoms with Crippen LogP contribution in [0, 0.1) is 12.8 Å². The molecule has 0 amide bonds. The monoisotopic (exact) mass is 220 g/mol. The van der Waals surface area contributed by atoms with E-state index in [9.17, 15) is 0 Å². The third-order valence-corrected chi connectivity index (χ3v) is 3.05. The second kappa shape index (κ2) is 4.68. The number of hydrogen-bond donors (Lipinski definition) is 1. The van der Waals surface area contributed by atoms with Gasteiger partial charge in [0.2, 0.25) is 5.95 Å². The Bertz CT molecular complexity index is 364. The van der Waals surface area contributed by atoms with E-state index in [1.165, 1.54) is 12.8 Å². The lowest BCUT2D eigenvalue weighted by Crippen LogP contribution is -2.35. The summed E-state index contributed by atoms with van der Waals surface area (Å²) in [5, 5.41) is 3.01. The number of aromatic nitrogens is 2. The van der Waals surface area contributed by atoms with Crippen molar-refractivity contribution in [2.75, 3.05) is 30.4 Å². The van der Waals surface area contributed by atoms with E-state index in [-0.39, 0.29) is 0 Å². The summed E-state index contributed by atoms with van der Waals surface area (Å²) in [7, 11) is 1.86. The minimum atomic E-state index is 0.716. The van der Waals surface area contributed by atoms with Gasteiger partial charge in [0.1, 0.15) is 5.82 Å². The molecule has 1 aliphatic rings. The molecule has 1 aliphatic heterocycles. The minimum Gasteiger partial charge on any atom is -0.357 e. The molecule has 0 aromatic carbocycles. The van der Waals surface area contributed by atoms with Crippen LogP contribution in [0.3, 0.4) is 0 Å². The van der Waals surface area contributed by atoms with Crippen LogP contribution in [0.25, 0.3) is 0 Å². The van der Waals surface area contributed by atoms with E-state index in [4.69, 9.17) is 0 Å². The lowest BCUT2D eigenvalue weighted by molar-refractivity contribution is 0.444. The molecule has 0 saturated carbocycles. The molecule has 1 aromatic rings. The molecule has 1 aromatic heterocycles. The van der Waals surface area contributed by atoms with Gasteiger partial charge in [-0.3, -0.25) is 0 Å². The van der Waals surface area contributed by atoms with Crippen molar-refractivity contribution in [3.63, 3.8) is 0 Å². The van der Waals surface area contributed by atoms with Gasteiger partial charge in [0.05, 0.1) is 0 Å². The number of nitrogens with one attached hydrogen (secondary N) is 1. The Morgan fingerprint density at radius 3 is 2.94 bits per heavy atom. The summed E-state index contributed by atoms with van der Waals surface area (Å²) in [5.41, 5.74) is 1.02. The normalized spacial score (nSPS) is 20.9. The van der Waals surface area contributed by atoms with Gasteiger partial charge in [-0.05, 0) is 25.7 Å². The largest absolute Gasteiger partial charge is 0.357 e. The van der Waals surface area contributed by atoms with E-state index in [1.807, 2.05) is 14.0 Å². The van der Waals surface area contributed by atoms with Gasteiger partial charge in [0.15, 0.2) is 0 Å². The standard InChI is InChI=1S/C12H20N4/c1-9-5-4-6-16(8-9)11-7-10(2)14-12(13-3)15-11/h7,9H,4-6,8H2,1-3H3,(H,13,14,15). The van der Waals surface area contributed by atoms with E-state index in [2.05, 4.69) is 33.2 Å². The van der Waals surface area contributed by atoms with Crippen LogP contribution >= 0.6 is 0 Å². The summed E-state index contributed by atoms with van der Waals surface area (Å²) in [6, 6.07) is 2.07. The zero-order chi connectivity index (χ0) is 11.5. The zero-order valence-electron chi connectivity index (χ0n) is 10.3. The van der Waals surface area contributed by atoms with Crippen LogP contribution in [0.5, 0.6) is 0 Å². The highest BCUT2D eigenvalue weighted by molar-refractivity contribution is 5.44. The molecule has 0 radical (unpaired) electrons. The summed E-state index contributed by atoms with van der Waals surface area (Å²) in [5.74, 6) is 2.54. The molecule has 2 rings (SSSR count). The Morgan fingerprint density at radius 1 is 1.44 bits per heavy atom. The SMILES string of the molecule is CNc1nc(C)cc(N2CCCC(C)C2)n1. The van der Waals surface area contributed by atoms with Crippen LogP contribution < -0.4 is 10.2 Å². The van der Waals surface area contributed by atoms with E-state index >= 15 is 0 Å². The van der Waals surface area contributed by atoms with Crippen molar-refractivity contribution in [2.45, 2.75) is 26.7 Å². The summed E-state index contributed by atoms with van der Waals surface area (Å²) >= 11 is 0. The van der Waals surface area contributed by atoms with Crippen molar-refractivity contribution in [1.82, 2.24) is 9.97 Å². The third-order valence-electron chi connectivity index (χ3n) is 3.05. The number of piperidine rings is 1. The van der Waals surface area contributed by atoms with E-state index < -0.39 is 0 Å². The Morgan fingerprint density at radius 2 is 2.25 bits per heavy atom. The Kier molecular flexibility index (Phi) is 3.27. The fraction of sp³-hybridized carbons (Fsp3) is 0.667. The maximum Gasteiger partial charge on any atom is 0.224 e. The van der Waals surface area contributed by atoms with E-state index in [1.54, 1.807) is 0 Å². The number of rotatable bonds is 2. The van der Waals surface area contributed by atoms with Crippen LogP contribution in [0.1, 0.15) is 25.5 Å². The van der Waals surface area contributed by atoms with Crippen molar-refractivity contribution < 1.29 is 0 Å². The summed E-state index contributed by atoms with van der Waals surface area (Å²) in [4.78, 5) is 11.2. The quantitative estimate of drug-likeness (QED) is 0.828. The molecule has 4 nitrogen and oxygen atoms in total. The first-order valence-corrected chi connectivity index (χ1v) is 5.97. The van der Waals surface area contributed by atoms with E-state index in [0.717, 1.165) is 30.5 Å². The van der Waals surface area contributed by atoms with Crippen LogP contribution in [-0.2, 0) is 0 Å². The molecule has 1 atom stereocenters. The van der Waals surface area contributed by atoms with Crippen LogP contribution in [0.15, 0.2) is 6.07 Å². The average Bonchev–Trinajstić information content (AvgIpc) is 2.28.